The molecule has 0 aliphatic carbocycles. The molecule has 3 heterocycles. The fourth-order valence-corrected chi connectivity index (χ4v) is 5.10. The van der Waals surface area contributed by atoms with E-state index < -0.39 is 10.0 Å². The molecule has 3 rings (SSSR count). The van der Waals surface area contributed by atoms with Gasteiger partial charge in [-0.15, -0.1) is 35.3 Å². The Bertz CT molecular complexity index is 843. The highest BCUT2D eigenvalue weighted by atomic mass is 127. The zero-order valence-corrected chi connectivity index (χ0v) is 19.3. The third-order valence-corrected chi connectivity index (χ3v) is 6.99. The molecule has 1 saturated heterocycles. The maximum atomic E-state index is 12.5. The molecule has 1 aliphatic rings. The number of guanidine groups is 1. The first-order chi connectivity index (χ1) is 12.5. The van der Waals surface area contributed by atoms with E-state index in [-0.39, 0.29) is 29.7 Å². The van der Waals surface area contributed by atoms with Gasteiger partial charge in [-0.2, -0.15) is 4.31 Å². The van der Waals surface area contributed by atoms with Gasteiger partial charge in [0.25, 0.3) is 0 Å². The molecule has 8 nitrogen and oxygen atoms in total. The summed E-state index contributed by atoms with van der Waals surface area (Å²) in [6.45, 7) is 4.86. The second-order valence-electron chi connectivity index (χ2n) is 6.05. The van der Waals surface area contributed by atoms with Crippen LogP contribution >= 0.6 is 35.3 Å². The van der Waals surface area contributed by atoms with Crippen LogP contribution in [-0.2, 0) is 22.3 Å². The molecule has 27 heavy (non-hydrogen) atoms. The van der Waals surface area contributed by atoms with Gasteiger partial charge < -0.3 is 14.7 Å². The van der Waals surface area contributed by atoms with Crippen molar-refractivity contribution in [3.8, 4) is 0 Å². The number of aryl methyl sites for hydroxylation is 1. The summed E-state index contributed by atoms with van der Waals surface area (Å²) in [7, 11) is -1.64. The number of hydrogen-bond acceptors (Lipinski definition) is 6. The van der Waals surface area contributed by atoms with Crippen LogP contribution in [0.1, 0.15) is 15.4 Å². The predicted molar refractivity (Wildman–Crippen MR) is 117 cm³/mol. The van der Waals surface area contributed by atoms with E-state index in [1.54, 1.807) is 24.5 Å². The molecule has 2 aromatic heterocycles. The lowest BCUT2D eigenvalue weighted by atomic mass is 10.4. The standard InChI is InChI=1S/C16H23N5O3S2.HI/c1-13-3-4-15(25-13)11-18-16(17-2)20-6-8-21(9-7-20)26(22,23)12-14-5-10-24-19-14;/h3-5,10H,6-9,11-12H2,1-2H3,(H,17,18);1H. The topological polar surface area (TPSA) is 91.0 Å². The van der Waals surface area contributed by atoms with E-state index in [0.29, 0.717) is 31.9 Å². The number of hydrogen-bond donors (Lipinski definition) is 1. The number of rotatable bonds is 5. The Kier molecular flexibility index (Phi) is 8.06. The molecule has 150 valence electrons. The molecule has 1 fully saturated rings. The number of piperazine rings is 1. The van der Waals surface area contributed by atoms with Crippen molar-refractivity contribution >= 4 is 51.3 Å². The van der Waals surface area contributed by atoms with Gasteiger partial charge >= 0.3 is 0 Å². The molecule has 0 aromatic carbocycles. The molecular formula is C16H24IN5O3S2. The first-order valence-corrected chi connectivity index (χ1v) is 10.8. The summed E-state index contributed by atoms with van der Waals surface area (Å²) in [6, 6.07) is 5.78. The van der Waals surface area contributed by atoms with Crippen LogP contribution in [0.5, 0.6) is 0 Å². The summed E-state index contributed by atoms with van der Waals surface area (Å²) in [6.07, 6.45) is 1.38. The lowest BCUT2D eigenvalue weighted by molar-refractivity contribution is 0.260. The Morgan fingerprint density at radius 3 is 2.59 bits per heavy atom. The number of aromatic nitrogens is 1. The van der Waals surface area contributed by atoms with Crippen molar-refractivity contribution in [1.82, 2.24) is 19.7 Å². The van der Waals surface area contributed by atoms with Gasteiger partial charge in [0.05, 0.1) is 12.2 Å². The first kappa shape index (κ1) is 22.1. The molecule has 0 amide bonds. The van der Waals surface area contributed by atoms with Gasteiger partial charge in [-0.25, -0.2) is 8.42 Å². The Morgan fingerprint density at radius 1 is 1.30 bits per heavy atom. The number of aliphatic imine (C=N–C) groups is 1. The third kappa shape index (κ3) is 5.90. The maximum Gasteiger partial charge on any atom is 0.220 e. The van der Waals surface area contributed by atoms with Crippen LogP contribution in [0.3, 0.4) is 0 Å². The molecule has 1 N–H and O–H groups in total. The Labute approximate surface area is 180 Å². The monoisotopic (exact) mass is 525 g/mol. The van der Waals surface area contributed by atoms with E-state index in [4.69, 9.17) is 4.52 Å². The van der Waals surface area contributed by atoms with Crippen LogP contribution < -0.4 is 5.32 Å². The van der Waals surface area contributed by atoms with Crippen molar-refractivity contribution < 1.29 is 12.9 Å². The zero-order chi connectivity index (χ0) is 18.6. The fraction of sp³-hybridized carbons (Fsp3) is 0.500. The molecule has 11 heteroatoms. The largest absolute Gasteiger partial charge is 0.364 e. The summed E-state index contributed by atoms with van der Waals surface area (Å²) in [5, 5.41) is 7.04. The van der Waals surface area contributed by atoms with Gasteiger partial charge in [-0.1, -0.05) is 5.16 Å². The van der Waals surface area contributed by atoms with E-state index in [1.165, 1.54) is 20.3 Å². The molecule has 0 bridgehead atoms. The highest BCUT2D eigenvalue weighted by molar-refractivity contribution is 14.0. The van der Waals surface area contributed by atoms with E-state index in [0.717, 1.165) is 12.5 Å². The van der Waals surface area contributed by atoms with Crippen LogP contribution in [0.2, 0.25) is 0 Å². The van der Waals surface area contributed by atoms with Crippen molar-refractivity contribution in [2.45, 2.75) is 19.2 Å². The summed E-state index contributed by atoms with van der Waals surface area (Å²) < 4.78 is 31.2. The Hall–Kier alpha value is -1.18. The molecule has 0 radical (unpaired) electrons. The number of halogens is 1. The van der Waals surface area contributed by atoms with Gasteiger partial charge in [0, 0.05) is 49.0 Å². The smallest absolute Gasteiger partial charge is 0.220 e. The summed E-state index contributed by atoms with van der Waals surface area (Å²) in [5.41, 5.74) is 0.427. The molecule has 0 atom stereocenters. The number of nitrogens with one attached hydrogen (secondary N) is 1. The molecular weight excluding hydrogens is 501 g/mol. The minimum absolute atomic E-state index is 0. The predicted octanol–water partition coefficient (Wildman–Crippen LogP) is 1.89. The zero-order valence-electron chi connectivity index (χ0n) is 15.3. The summed E-state index contributed by atoms with van der Waals surface area (Å²) >= 11 is 1.76. The van der Waals surface area contributed by atoms with E-state index in [2.05, 4.69) is 39.4 Å². The van der Waals surface area contributed by atoms with Gasteiger partial charge in [0.2, 0.25) is 10.0 Å². The lowest BCUT2D eigenvalue weighted by Gasteiger charge is -2.35. The van der Waals surface area contributed by atoms with Gasteiger partial charge in [0.1, 0.15) is 12.0 Å². The first-order valence-electron chi connectivity index (χ1n) is 8.36. The van der Waals surface area contributed by atoms with Crippen LogP contribution in [0.15, 0.2) is 34.0 Å². The quantitative estimate of drug-likeness (QED) is 0.364. The van der Waals surface area contributed by atoms with Crippen molar-refractivity contribution in [3.05, 3.63) is 39.9 Å². The average molecular weight is 525 g/mol. The third-order valence-electron chi connectivity index (χ3n) is 4.18. The lowest BCUT2D eigenvalue weighted by Crippen LogP contribution is -2.53. The van der Waals surface area contributed by atoms with Crippen LogP contribution in [-0.4, -0.2) is 62.0 Å². The fourth-order valence-electron chi connectivity index (χ4n) is 2.85. The number of sulfonamides is 1. The van der Waals surface area contributed by atoms with Crippen LogP contribution in [0.4, 0.5) is 0 Å². The van der Waals surface area contributed by atoms with E-state index >= 15 is 0 Å². The molecule has 0 saturated carbocycles. The second kappa shape index (κ2) is 9.85. The SMILES string of the molecule is CN=C(NCc1ccc(C)s1)N1CCN(S(=O)(=O)Cc2ccon2)CC1.I. The summed E-state index contributed by atoms with van der Waals surface area (Å²) in [5.74, 6) is 0.665. The normalized spacial score (nSPS) is 16.2. The van der Waals surface area contributed by atoms with Crippen molar-refractivity contribution in [3.63, 3.8) is 0 Å². The summed E-state index contributed by atoms with van der Waals surface area (Å²) in [4.78, 5) is 8.94. The minimum atomic E-state index is -3.39. The van der Waals surface area contributed by atoms with E-state index in [1.807, 2.05) is 0 Å². The van der Waals surface area contributed by atoms with Gasteiger partial charge in [0.15, 0.2) is 5.96 Å². The number of nitrogens with zero attached hydrogens (tertiary/aromatic N) is 4. The van der Waals surface area contributed by atoms with Crippen molar-refractivity contribution in [1.29, 1.82) is 0 Å². The molecule has 0 unspecified atom stereocenters. The molecule has 2 aromatic rings. The van der Waals surface area contributed by atoms with Crippen LogP contribution in [0.25, 0.3) is 0 Å². The molecule has 0 spiro atoms. The minimum Gasteiger partial charge on any atom is -0.364 e. The van der Waals surface area contributed by atoms with Gasteiger partial charge in [-0.05, 0) is 19.1 Å². The Balaban J connectivity index is 0.00000261. The maximum absolute atomic E-state index is 12.5. The molecule has 1 aliphatic heterocycles. The van der Waals surface area contributed by atoms with Gasteiger partial charge in [-0.3, -0.25) is 4.99 Å². The highest BCUT2D eigenvalue weighted by Crippen LogP contribution is 2.15. The Morgan fingerprint density at radius 2 is 2.04 bits per heavy atom. The van der Waals surface area contributed by atoms with Crippen LogP contribution in [0, 0.1) is 6.92 Å². The highest BCUT2D eigenvalue weighted by Gasteiger charge is 2.28. The average Bonchev–Trinajstić information content (AvgIpc) is 3.27. The van der Waals surface area contributed by atoms with Crippen molar-refractivity contribution in [2.75, 3.05) is 33.2 Å². The van der Waals surface area contributed by atoms with E-state index in [9.17, 15) is 8.42 Å². The second-order valence-corrected chi connectivity index (χ2v) is 9.39. The van der Waals surface area contributed by atoms with Crippen molar-refractivity contribution in [2.24, 2.45) is 4.99 Å². The number of thiophene rings is 1.